The van der Waals surface area contributed by atoms with Crippen LogP contribution in [0.15, 0.2) is 36.5 Å². The van der Waals surface area contributed by atoms with Gasteiger partial charge in [0.1, 0.15) is 6.07 Å². The highest BCUT2D eigenvalue weighted by Gasteiger charge is 2.07. The molecule has 1 aromatic heterocycles. The highest BCUT2D eigenvalue weighted by molar-refractivity contribution is 6.32. The Morgan fingerprint density at radius 2 is 2.00 bits per heavy atom. The second-order valence-corrected chi connectivity index (χ2v) is 3.94. The van der Waals surface area contributed by atoms with Crippen molar-refractivity contribution in [2.45, 2.75) is 6.92 Å². The lowest BCUT2D eigenvalue weighted by molar-refractivity contribution is 1.20. The Kier molecular flexibility index (Phi) is 3.27. The standard InChI is InChI=1S/C13H10ClN3/c1-9-12(6-3-7-16-9)17-13-5-2-4-11(14)10(13)8-15/h2-7,17H,1H3. The molecule has 0 aliphatic carbocycles. The molecule has 0 spiro atoms. The molecule has 0 atom stereocenters. The third-order valence-corrected chi connectivity index (χ3v) is 2.72. The zero-order valence-corrected chi connectivity index (χ0v) is 9.99. The normalized spacial score (nSPS) is 9.71. The third kappa shape index (κ3) is 2.38. The molecule has 0 saturated carbocycles. The van der Waals surface area contributed by atoms with Crippen LogP contribution in [0.2, 0.25) is 5.02 Å². The van der Waals surface area contributed by atoms with Gasteiger partial charge in [-0.3, -0.25) is 4.98 Å². The lowest BCUT2D eigenvalue weighted by Crippen LogP contribution is -1.97. The summed E-state index contributed by atoms with van der Waals surface area (Å²) in [5.41, 5.74) is 2.87. The van der Waals surface area contributed by atoms with Crippen LogP contribution in [0.5, 0.6) is 0 Å². The van der Waals surface area contributed by atoms with E-state index in [4.69, 9.17) is 16.9 Å². The number of nitriles is 1. The fourth-order valence-electron chi connectivity index (χ4n) is 1.50. The maximum atomic E-state index is 9.06. The first-order chi connectivity index (χ1) is 8.22. The summed E-state index contributed by atoms with van der Waals surface area (Å²) in [6, 6.07) is 11.2. The van der Waals surface area contributed by atoms with Gasteiger partial charge in [-0.25, -0.2) is 0 Å². The van der Waals surface area contributed by atoms with Crippen LogP contribution in [0.3, 0.4) is 0 Å². The number of hydrogen-bond acceptors (Lipinski definition) is 3. The average molecular weight is 244 g/mol. The maximum Gasteiger partial charge on any atom is 0.103 e. The second-order valence-electron chi connectivity index (χ2n) is 3.54. The Balaban J connectivity index is 2.41. The van der Waals surface area contributed by atoms with Crippen molar-refractivity contribution in [2.24, 2.45) is 0 Å². The summed E-state index contributed by atoms with van der Waals surface area (Å²) in [6.45, 7) is 1.90. The van der Waals surface area contributed by atoms with E-state index >= 15 is 0 Å². The number of pyridine rings is 1. The van der Waals surface area contributed by atoms with Crippen LogP contribution in [0.4, 0.5) is 11.4 Å². The van der Waals surface area contributed by atoms with Crippen LogP contribution in [0.1, 0.15) is 11.3 Å². The molecule has 0 unspecified atom stereocenters. The summed E-state index contributed by atoms with van der Waals surface area (Å²) in [6.07, 6.45) is 1.73. The minimum Gasteiger partial charge on any atom is -0.353 e. The molecule has 0 aliphatic rings. The van der Waals surface area contributed by atoms with Crippen molar-refractivity contribution in [1.29, 1.82) is 5.26 Å². The van der Waals surface area contributed by atoms with Crippen LogP contribution in [0, 0.1) is 18.3 Å². The van der Waals surface area contributed by atoms with Crippen molar-refractivity contribution in [1.82, 2.24) is 4.98 Å². The molecule has 1 N–H and O–H groups in total. The molecule has 0 saturated heterocycles. The predicted octanol–water partition coefficient (Wildman–Crippen LogP) is 3.66. The van der Waals surface area contributed by atoms with E-state index in [2.05, 4.69) is 16.4 Å². The van der Waals surface area contributed by atoms with E-state index in [1.807, 2.05) is 25.1 Å². The molecule has 0 bridgehead atoms. The van der Waals surface area contributed by atoms with E-state index in [1.165, 1.54) is 0 Å². The first-order valence-corrected chi connectivity index (χ1v) is 5.47. The van der Waals surface area contributed by atoms with Crippen LogP contribution in [-0.2, 0) is 0 Å². The zero-order chi connectivity index (χ0) is 12.3. The van der Waals surface area contributed by atoms with Gasteiger partial charge in [0, 0.05) is 6.20 Å². The van der Waals surface area contributed by atoms with E-state index in [9.17, 15) is 0 Å². The van der Waals surface area contributed by atoms with Crippen molar-refractivity contribution in [2.75, 3.05) is 5.32 Å². The summed E-state index contributed by atoms with van der Waals surface area (Å²) in [5.74, 6) is 0. The monoisotopic (exact) mass is 243 g/mol. The van der Waals surface area contributed by atoms with Crippen molar-refractivity contribution in [3.8, 4) is 6.07 Å². The molecule has 17 heavy (non-hydrogen) atoms. The fourth-order valence-corrected chi connectivity index (χ4v) is 1.72. The van der Waals surface area contributed by atoms with E-state index in [0.29, 0.717) is 16.3 Å². The van der Waals surface area contributed by atoms with Gasteiger partial charge in [0.25, 0.3) is 0 Å². The van der Waals surface area contributed by atoms with Crippen LogP contribution in [-0.4, -0.2) is 4.98 Å². The smallest absolute Gasteiger partial charge is 0.103 e. The number of anilines is 2. The molecule has 2 aromatic rings. The molecular weight excluding hydrogens is 234 g/mol. The Morgan fingerprint density at radius 1 is 1.24 bits per heavy atom. The van der Waals surface area contributed by atoms with Crippen molar-refractivity contribution in [3.63, 3.8) is 0 Å². The summed E-state index contributed by atoms with van der Waals surface area (Å²) in [7, 11) is 0. The molecule has 84 valence electrons. The van der Waals surface area contributed by atoms with Gasteiger partial charge in [-0.1, -0.05) is 17.7 Å². The van der Waals surface area contributed by atoms with Gasteiger partial charge in [-0.05, 0) is 31.2 Å². The molecular formula is C13H10ClN3. The Bertz CT molecular complexity index is 587. The predicted molar refractivity (Wildman–Crippen MR) is 68.4 cm³/mol. The summed E-state index contributed by atoms with van der Waals surface area (Å²) in [5, 5.41) is 12.7. The first kappa shape index (κ1) is 11.4. The van der Waals surface area contributed by atoms with E-state index < -0.39 is 0 Å². The van der Waals surface area contributed by atoms with E-state index in [1.54, 1.807) is 18.3 Å². The molecule has 0 amide bonds. The fraction of sp³-hybridized carbons (Fsp3) is 0.0769. The van der Waals surface area contributed by atoms with Crippen LogP contribution >= 0.6 is 11.6 Å². The van der Waals surface area contributed by atoms with Crippen molar-refractivity contribution < 1.29 is 0 Å². The third-order valence-electron chi connectivity index (χ3n) is 2.40. The topological polar surface area (TPSA) is 48.7 Å². The quantitative estimate of drug-likeness (QED) is 0.876. The lowest BCUT2D eigenvalue weighted by Gasteiger charge is -2.10. The maximum absolute atomic E-state index is 9.06. The average Bonchev–Trinajstić information content (AvgIpc) is 2.32. The number of benzene rings is 1. The van der Waals surface area contributed by atoms with Gasteiger partial charge >= 0.3 is 0 Å². The lowest BCUT2D eigenvalue weighted by atomic mass is 10.2. The van der Waals surface area contributed by atoms with Gasteiger partial charge < -0.3 is 5.32 Å². The molecule has 0 fully saturated rings. The molecule has 1 aromatic carbocycles. The van der Waals surface area contributed by atoms with Gasteiger partial charge in [0.2, 0.25) is 0 Å². The molecule has 2 rings (SSSR count). The van der Waals surface area contributed by atoms with Gasteiger partial charge in [0.05, 0.1) is 27.7 Å². The number of rotatable bonds is 2. The number of aryl methyl sites for hydroxylation is 1. The molecule has 0 radical (unpaired) electrons. The minimum atomic E-state index is 0.442. The van der Waals surface area contributed by atoms with E-state index in [-0.39, 0.29) is 0 Å². The molecule has 0 aliphatic heterocycles. The Hall–Kier alpha value is -2.05. The van der Waals surface area contributed by atoms with E-state index in [0.717, 1.165) is 11.4 Å². The summed E-state index contributed by atoms with van der Waals surface area (Å²) >= 11 is 5.96. The van der Waals surface area contributed by atoms with Gasteiger partial charge in [0.15, 0.2) is 0 Å². The van der Waals surface area contributed by atoms with Crippen molar-refractivity contribution in [3.05, 3.63) is 52.8 Å². The molecule has 1 heterocycles. The van der Waals surface area contributed by atoms with Gasteiger partial charge in [-0.2, -0.15) is 5.26 Å². The largest absolute Gasteiger partial charge is 0.353 e. The second kappa shape index (κ2) is 4.86. The molecule has 3 nitrogen and oxygen atoms in total. The number of halogens is 1. The number of hydrogen-bond donors (Lipinski definition) is 1. The number of aromatic nitrogens is 1. The minimum absolute atomic E-state index is 0.442. The van der Waals surface area contributed by atoms with Crippen LogP contribution < -0.4 is 5.32 Å². The summed E-state index contributed by atoms with van der Waals surface area (Å²) < 4.78 is 0. The Labute approximate surface area is 105 Å². The zero-order valence-electron chi connectivity index (χ0n) is 9.24. The molecule has 4 heteroatoms. The summed E-state index contributed by atoms with van der Waals surface area (Å²) in [4.78, 5) is 4.17. The van der Waals surface area contributed by atoms with Gasteiger partial charge in [-0.15, -0.1) is 0 Å². The van der Waals surface area contributed by atoms with Crippen molar-refractivity contribution >= 4 is 23.0 Å². The highest BCUT2D eigenvalue weighted by atomic mass is 35.5. The number of nitrogens with zero attached hydrogens (tertiary/aromatic N) is 2. The first-order valence-electron chi connectivity index (χ1n) is 5.09. The SMILES string of the molecule is Cc1ncccc1Nc1cccc(Cl)c1C#N. The highest BCUT2D eigenvalue weighted by Crippen LogP contribution is 2.26. The number of nitrogens with one attached hydrogen (secondary N) is 1. The Morgan fingerprint density at radius 3 is 2.71 bits per heavy atom. The van der Waals surface area contributed by atoms with Crippen LogP contribution in [0.25, 0.3) is 0 Å².